The third-order valence-electron chi connectivity index (χ3n) is 3.36. The number of rotatable bonds is 10. The number of hydrogen-bond acceptors (Lipinski definition) is 4. The molecule has 5 heteroatoms. The molecular formula is C15H25FN2O2. The van der Waals surface area contributed by atoms with Gasteiger partial charge in [-0.3, -0.25) is 4.90 Å². The van der Waals surface area contributed by atoms with Crippen molar-refractivity contribution in [2.75, 3.05) is 47.0 Å². The van der Waals surface area contributed by atoms with E-state index in [1.165, 1.54) is 6.07 Å². The zero-order chi connectivity index (χ0) is 14.8. The number of hydrogen-bond donors (Lipinski definition) is 2. The maximum atomic E-state index is 13.3. The Balaban J connectivity index is 2.54. The summed E-state index contributed by atoms with van der Waals surface area (Å²) in [6.07, 6.45) is 0.851. The number of ether oxygens (including phenoxy) is 1. The number of methoxy groups -OCH3 is 1. The first kappa shape index (κ1) is 17.0. The van der Waals surface area contributed by atoms with E-state index in [0.717, 1.165) is 25.1 Å². The van der Waals surface area contributed by atoms with Crippen LogP contribution in [0.15, 0.2) is 24.3 Å². The molecule has 20 heavy (non-hydrogen) atoms. The van der Waals surface area contributed by atoms with Crippen molar-refractivity contribution >= 4 is 0 Å². The summed E-state index contributed by atoms with van der Waals surface area (Å²) in [6, 6.07) is 6.77. The highest BCUT2D eigenvalue weighted by Crippen LogP contribution is 2.17. The van der Waals surface area contributed by atoms with Crippen LogP contribution in [0.4, 0.5) is 4.39 Å². The van der Waals surface area contributed by atoms with Gasteiger partial charge in [-0.25, -0.2) is 4.39 Å². The summed E-state index contributed by atoms with van der Waals surface area (Å²) in [4.78, 5) is 2.15. The van der Waals surface area contributed by atoms with Crippen LogP contribution in [0, 0.1) is 5.82 Å². The molecule has 0 saturated heterocycles. The second kappa shape index (κ2) is 9.83. The van der Waals surface area contributed by atoms with E-state index in [4.69, 9.17) is 9.84 Å². The quantitative estimate of drug-likeness (QED) is 0.682. The smallest absolute Gasteiger partial charge is 0.123 e. The summed E-state index contributed by atoms with van der Waals surface area (Å²) in [5, 5.41) is 12.3. The zero-order valence-corrected chi connectivity index (χ0v) is 12.3. The summed E-state index contributed by atoms with van der Waals surface area (Å²) in [5.41, 5.74) is 0.947. The van der Waals surface area contributed by atoms with E-state index in [1.54, 1.807) is 19.2 Å². The second-order valence-corrected chi connectivity index (χ2v) is 4.74. The molecule has 1 aromatic rings. The van der Waals surface area contributed by atoms with Crippen molar-refractivity contribution in [1.82, 2.24) is 10.2 Å². The van der Waals surface area contributed by atoms with Gasteiger partial charge >= 0.3 is 0 Å². The fourth-order valence-corrected chi connectivity index (χ4v) is 2.21. The molecule has 0 saturated carbocycles. The van der Waals surface area contributed by atoms with Gasteiger partial charge in [-0.2, -0.15) is 0 Å². The van der Waals surface area contributed by atoms with Crippen molar-refractivity contribution in [3.05, 3.63) is 35.6 Å². The van der Waals surface area contributed by atoms with Gasteiger partial charge in [0.1, 0.15) is 5.82 Å². The third-order valence-corrected chi connectivity index (χ3v) is 3.36. The second-order valence-electron chi connectivity index (χ2n) is 4.74. The van der Waals surface area contributed by atoms with E-state index >= 15 is 0 Å². The molecule has 0 bridgehead atoms. The first-order chi connectivity index (χ1) is 9.71. The van der Waals surface area contributed by atoms with Gasteiger partial charge in [-0.1, -0.05) is 12.1 Å². The molecule has 4 nitrogen and oxygen atoms in total. The van der Waals surface area contributed by atoms with Crippen LogP contribution in [0.25, 0.3) is 0 Å². The number of aliphatic hydroxyl groups is 1. The van der Waals surface area contributed by atoms with Gasteiger partial charge in [0.15, 0.2) is 0 Å². The number of aliphatic hydroxyl groups excluding tert-OH is 1. The molecule has 0 aliphatic rings. The number of benzene rings is 1. The number of nitrogens with zero attached hydrogens (tertiary/aromatic N) is 1. The Morgan fingerprint density at radius 1 is 1.35 bits per heavy atom. The van der Waals surface area contributed by atoms with Crippen LogP contribution in [-0.2, 0) is 4.74 Å². The normalized spacial score (nSPS) is 12.8. The van der Waals surface area contributed by atoms with Crippen molar-refractivity contribution in [2.24, 2.45) is 0 Å². The van der Waals surface area contributed by atoms with Crippen LogP contribution in [0.5, 0.6) is 0 Å². The first-order valence-electron chi connectivity index (χ1n) is 6.96. The van der Waals surface area contributed by atoms with E-state index in [0.29, 0.717) is 13.2 Å². The van der Waals surface area contributed by atoms with E-state index in [2.05, 4.69) is 10.2 Å². The minimum absolute atomic E-state index is 0.106. The van der Waals surface area contributed by atoms with Crippen LogP contribution in [0.3, 0.4) is 0 Å². The van der Waals surface area contributed by atoms with Gasteiger partial charge < -0.3 is 15.2 Å². The van der Waals surface area contributed by atoms with Crippen LogP contribution in [0.1, 0.15) is 18.0 Å². The average Bonchev–Trinajstić information content (AvgIpc) is 2.45. The molecule has 0 fully saturated rings. The molecule has 0 aromatic heterocycles. The lowest BCUT2D eigenvalue weighted by atomic mass is 10.0. The van der Waals surface area contributed by atoms with Crippen LogP contribution in [0.2, 0.25) is 0 Å². The Morgan fingerprint density at radius 2 is 2.15 bits per heavy atom. The Bertz CT molecular complexity index is 377. The first-order valence-corrected chi connectivity index (χ1v) is 6.96. The fourth-order valence-electron chi connectivity index (χ4n) is 2.21. The lowest BCUT2D eigenvalue weighted by Gasteiger charge is -2.24. The SMILES string of the molecule is CNC(CCN(CCO)CCOC)c1cccc(F)c1. The molecule has 0 amide bonds. The lowest BCUT2D eigenvalue weighted by molar-refractivity contribution is 0.128. The van der Waals surface area contributed by atoms with Gasteiger partial charge in [0.2, 0.25) is 0 Å². The molecule has 0 spiro atoms. The average molecular weight is 284 g/mol. The van der Waals surface area contributed by atoms with Crippen molar-refractivity contribution in [1.29, 1.82) is 0 Å². The van der Waals surface area contributed by atoms with Crippen molar-refractivity contribution in [2.45, 2.75) is 12.5 Å². The van der Waals surface area contributed by atoms with E-state index in [-0.39, 0.29) is 18.5 Å². The van der Waals surface area contributed by atoms with Gasteiger partial charge in [0.05, 0.1) is 13.2 Å². The highest BCUT2D eigenvalue weighted by atomic mass is 19.1. The summed E-state index contributed by atoms with van der Waals surface area (Å²) in [5.74, 6) is -0.214. The molecular weight excluding hydrogens is 259 g/mol. The number of nitrogens with one attached hydrogen (secondary N) is 1. The largest absolute Gasteiger partial charge is 0.395 e. The third kappa shape index (κ3) is 5.96. The van der Waals surface area contributed by atoms with Gasteiger partial charge in [-0.15, -0.1) is 0 Å². The van der Waals surface area contributed by atoms with Crippen LogP contribution in [-0.4, -0.2) is 57.0 Å². The van der Waals surface area contributed by atoms with Crippen LogP contribution < -0.4 is 5.32 Å². The summed E-state index contributed by atoms with van der Waals surface area (Å²) < 4.78 is 18.3. The topological polar surface area (TPSA) is 44.7 Å². The fraction of sp³-hybridized carbons (Fsp3) is 0.600. The van der Waals surface area contributed by atoms with E-state index in [9.17, 15) is 4.39 Å². The summed E-state index contributed by atoms with van der Waals surface area (Å²) in [7, 11) is 3.54. The summed E-state index contributed by atoms with van der Waals surface area (Å²) >= 11 is 0. The molecule has 1 atom stereocenters. The minimum atomic E-state index is -0.214. The van der Waals surface area contributed by atoms with E-state index in [1.807, 2.05) is 13.1 Å². The maximum Gasteiger partial charge on any atom is 0.123 e. The maximum absolute atomic E-state index is 13.3. The molecule has 1 aromatic carbocycles. The zero-order valence-electron chi connectivity index (χ0n) is 12.3. The molecule has 114 valence electrons. The molecule has 0 aliphatic heterocycles. The minimum Gasteiger partial charge on any atom is -0.395 e. The van der Waals surface area contributed by atoms with Crippen molar-refractivity contribution in [3.63, 3.8) is 0 Å². The Kier molecular flexibility index (Phi) is 8.37. The monoisotopic (exact) mass is 284 g/mol. The summed E-state index contributed by atoms with van der Waals surface area (Å²) in [6.45, 7) is 3.02. The highest BCUT2D eigenvalue weighted by Gasteiger charge is 2.12. The molecule has 0 heterocycles. The van der Waals surface area contributed by atoms with Crippen molar-refractivity contribution in [3.8, 4) is 0 Å². The predicted molar refractivity (Wildman–Crippen MR) is 78.2 cm³/mol. The van der Waals surface area contributed by atoms with Gasteiger partial charge in [0, 0.05) is 32.8 Å². The molecule has 1 rings (SSSR count). The highest BCUT2D eigenvalue weighted by molar-refractivity contribution is 5.20. The molecule has 2 N–H and O–H groups in total. The van der Waals surface area contributed by atoms with E-state index < -0.39 is 0 Å². The molecule has 0 aliphatic carbocycles. The molecule has 0 radical (unpaired) electrons. The van der Waals surface area contributed by atoms with Gasteiger partial charge in [0.25, 0.3) is 0 Å². The van der Waals surface area contributed by atoms with Crippen molar-refractivity contribution < 1.29 is 14.2 Å². The lowest BCUT2D eigenvalue weighted by Crippen LogP contribution is -2.33. The molecule has 1 unspecified atom stereocenters. The predicted octanol–water partition coefficient (Wildman–Crippen LogP) is 1.42. The standard InChI is InChI=1S/C15H25FN2O2/c1-17-15(13-4-3-5-14(16)12-13)6-7-18(8-10-19)9-11-20-2/h3-5,12,15,17,19H,6-11H2,1-2H3. The van der Waals surface area contributed by atoms with Gasteiger partial charge in [-0.05, 0) is 31.2 Å². The Morgan fingerprint density at radius 3 is 2.75 bits per heavy atom. The Hall–Kier alpha value is -1.01. The Labute approximate surface area is 120 Å². The van der Waals surface area contributed by atoms with Crippen LogP contribution >= 0.6 is 0 Å². The number of halogens is 1.